The highest BCUT2D eigenvalue weighted by molar-refractivity contribution is 7.99. The van der Waals surface area contributed by atoms with Crippen molar-refractivity contribution in [3.05, 3.63) is 22.1 Å². The van der Waals surface area contributed by atoms with E-state index in [9.17, 15) is 9.59 Å². The van der Waals surface area contributed by atoms with E-state index >= 15 is 0 Å². The van der Waals surface area contributed by atoms with Gasteiger partial charge in [-0.2, -0.15) is 0 Å². The van der Waals surface area contributed by atoms with Gasteiger partial charge < -0.3 is 5.32 Å². The van der Waals surface area contributed by atoms with Crippen LogP contribution in [-0.2, 0) is 11.3 Å². The van der Waals surface area contributed by atoms with Gasteiger partial charge in [0, 0.05) is 30.1 Å². The van der Waals surface area contributed by atoms with Gasteiger partial charge in [-0.25, -0.2) is 4.98 Å². The second kappa shape index (κ2) is 10.3. The first-order valence-electron chi connectivity index (χ1n) is 10.6. The Hall–Kier alpha value is -1.30. The third-order valence-electron chi connectivity index (χ3n) is 5.82. The smallest absolute Gasteiger partial charge is 0.257 e. The van der Waals surface area contributed by atoms with E-state index in [1.807, 2.05) is 0 Å². The van der Waals surface area contributed by atoms with E-state index in [2.05, 4.69) is 10.3 Å². The number of rotatable bonds is 2. The molecule has 6 heteroatoms. The summed E-state index contributed by atoms with van der Waals surface area (Å²) < 4.78 is 1.68. The molecule has 1 saturated carbocycles. The Balaban J connectivity index is 1.57. The SMILES string of the molecule is Cc1cnc2n(c1=O)CC(C(=O)NC1CCCCCCCCCCC1)CS2. The summed E-state index contributed by atoms with van der Waals surface area (Å²) in [4.78, 5) is 29.6. The zero-order valence-corrected chi connectivity index (χ0v) is 17.4. The number of nitrogens with one attached hydrogen (secondary N) is 1. The predicted molar refractivity (Wildman–Crippen MR) is 110 cm³/mol. The highest BCUT2D eigenvalue weighted by Gasteiger charge is 2.28. The first kappa shape index (κ1) is 20.4. The van der Waals surface area contributed by atoms with Crippen molar-refractivity contribution in [2.24, 2.45) is 5.92 Å². The summed E-state index contributed by atoms with van der Waals surface area (Å²) in [5.41, 5.74) is 0.621. The number of aryl methyl sites for hydroxylation is 1. The highest BCUT2D eigenvalue weighted by Crippen LogP contribution is 2.25. The molecule has 3 rings (SSSR count). The molecule has 0 aromatic carbocycles. The van der Waals surface area contributed by atoms with Crippen LogP contribution in [0.25, 0.3) is 0 Å². The third kappa shape index (κ3) is 5.84. The van der Waals surface area contributed by atoms with Crippen molar-refractivity contribution in [2.75, 3.05) is 5.75 Å². The number of nitrogens with zero attached hydrogens (tertiary/aromatic N) is 2. The average molecular weight is 392 g/mol. The molecular formula is C21H33N3O2S. The minimum Gasteiger partial charge on any atom is -0.353 e. The number of thioether (sulfide) groups is 1. The molecule has 27 heavy (non-hydrogen) atoms. The van der Waals surface area contributed by atoms with Crippen LogP contribution >= 0.6 is 11.8 Å². The molecule has 2 heterocycles. The van der Waals surface area contributed by atoms with Gasteiger partial charge in [-0.3, -0.25) is 14.2 Å². The molecule has 1 fully saturated rings. The summed E-state index contributed by atoms with van der Waals surface area (Å²) in [7, 11) is 0. The van der Waals surface area contributed by atoms with Crippen LogP contribution in [0.15, 0.2) is 16.1 Å². The molecule has 0 spiro atoms. The fourth-order valence-corrected chi connectivity index (χ4v) is 5.13. The first-order valence-corrected chi connectivity index (χ1v) is 11.6. The summed E-state index contributed by atoms with van der Waals surface area (Å²) in [6.45, 7) is 2.23. The quantitative estimate of drug-likeness (QED) is 0.772. The summed E-state index contributed by atoms with van der Waals surface area (Å²) in [6.07, 6.45) is 15.5. The maximum absolute atomic E-state index is 12.9. The largest absolute Gasteiger partial charge is 0.353 e. The van der Waals surface area contributed by atoms with E-state index in [1.165, 1.54) is 69.5 Å². The number of carbonyl (C=O) groups is 1. The van der Waals surface area contributed by atoms with Crippen molar-refractivity contribution in [2.45, 2.75) is 95.3 Å². The molecular weight excluding hydrogens is 358 g/mol. The number of fused-ring (bicyclic) bond motifs is 1. The lowest BCUT2D eigenvalue weighted by atomic mass is 9.97. The molecule has 5 nitrogen and oxygen atoms in total. The molecule has 1 aliphatic carbocycles. The van der Waals surface area contributed by atoms with E-state index in [-0.39, 0.29) is 23.4 Å². The summed E-state index contributed by atoms with van der Waals surface area (Å²) >= 11 is 1.52. The maximum Gasteiger partial charge on any atom is 0.257 e. The second-order valence-corrected chi connectivity index (χ2v) is 9.10. The first-order chi connectivity index (χ1) is 13.1. The van der Waals surface area contributed by atoms with E-state index in [0.29, 0.717) is 17.9 Å². The highest BCUT2D eigenvalue weighted by atomic mass is 32.2. The molecule has 0 saturated heterocycles. The number of carbonyl (C=O) groups excluding carboxylic acids is 1. The van der Waals surface area contributed by atoms with E-state index in [1.54, 1.807) is 17.7 Å². The Morgan fingerprint density at radius 1 is 1.07 bits per heavy atom. The molecule has 150 valence electrons. The van der Waals surface area contributed by atoms with Crippen LogP contribution in [0.1, 0.15) is 76.2 Å². The molecule has 1 aromatic rings. The summed E-state index contributed by atoms with van der Waals surface area (Å²) in [5, 5.41) is 4.05. The zero-order chi connectivity index (χ0) is 19.1. The van der Waals surface area contributed by atoms with Gasteiger partial charge in [-0.05, 0) is 19.8 Å². The fourth-order valence-electron chi connectivity index (χ4n) is 4.09. The van der Waals surface area contributed by atoms with Gasteiger partial charge in [-0.1, -0.05) is 69.5 Å². The topological polar surface area (TPSA) is 64.0 Å². The fraction of sp³-hybridized carbons (Fsp3) is 0.762. The van der Waals surface area contributed by atoms with E-state index in [0.717, 1.165) is 18.0 Å². The lowest BCUT2D eigenvalue weighted by molar-refractivity contribution is -0.125. The van der Waals surface area contributed by atoms with Gasteiger partial charge in [0.2, 0.25) is 5.91 Å². The van der Waals surface area contributed by atoms with Gasteiger partial charge in [0.1, 0.15) is 0 Å². The molecule has 1 amide bonds. The summed E-state index contributed by atoms with van der Waals surface area (Å²) in [5.74, 6) is 0.664. The van der Waals surface area contributed by atoms with Crippen LogP contribution in [0.4, 0.5) is 0 Å². The van der Waals surface area contributed by atoms with Crippen LogP contribution in [-0.4, -0.2) is 27.3 Å². The van der Waals surface area contributed by atoms with Gasteiger partial charge in [0.15, 0.2) is 5.16 Å². The Bertz CT molecular complexity index is 676. The monoisotopic (exact) mass is 391 g/mol. The molecule has 1 aliphatic heterocycles. The zero-order valence-electron chi connectivity index (χ0n) is 16.5. The molecule has 0 radical (unpaired) electrons. The van der Waals surface area contributed by atoms with Crippen molar-refractivity contribution < 1.29 is 4.79 Å². The molecule has 1 aromatic heterocycles. The minimum absolute atomic E-state index is 0.0176. The lowest BCUT2D eigenvalue weighted by Gasteiger charge is -2.27. The Kier molecular flexibility index (Phi) is 7.80. The van der Waals surface area contributed by atoms with Gasteiger partial charge in [-0.15, -0.1) is 0 Å². The van der Waals surface area contributed by atoms with Crippen molar-refractivity contribution >= 4 is 17.7 Å². The molecule has 0 bridgehead atoms. The van der Waals surface area contributed by atoms with Crippen molar-refractivity contribution in [3.8, 4) is 0 Å². The molecule has 1 atom stereocenters. The maximum atomic E-state index is 12.9. The van der Waals surface area contributed by atoms with Crippen LogP contribution in [0, 0.1) is 12.8 Å². The molecule has 1 unspecified atom stereocenters. The Morgan fingerprint density at radius 2 is 1.67 bits per heavy atom. The third-order valence-corrected chi connectivity index (χ3v) is 6.97. The minimum atomic E-state index is -0.148. The van der Waals surface area contributed by atoms with Crippen LogP contribution < -0.4 is 10.9 Å². The Morgan fingerprint density at radius 3 is 2.30 bits per heavy atom. The molecule has 2 aliphatic rings. The predicted octanol–water partition coefficient (Wildman–Crippen LogP) is 4.06. The van der Waals surface area contributed by atoms with Crippen molar-refractivity contribution in [3.63, 3.8) is 0 Å². The standard InChI is InChI=1S/C21H33N3O2S/c1-16-13-22-21-24(20(16)26)14-17(15-27-21)19(25)23-18-11-9-7-5-3-2-4-6-8-10-12-18/h13,17-18H,2-12,14-15H2,1H3,(H,23,25). The van der Waals surface area contributed by atoms with Gasteiger partial charge >= 0.3 is 0 Å². The van der Waals surface area contributed by atoms with Crippen LogP contribution in [0.3, 0.4) is 0 Å². The van der Waals surface area contributed by atoms with Gasteiger partial charge in [0.05, 0.1) is 5.92 Å². The normalized spacial score (nSPS) is 22.9. The summed E-state index contributed by atoms with van der Waals surface area (Å²) in [6, 6.07) is 0.288. The van der Waals surface area contributed by atoms with Crippen LogP contribution in [0.5, 0.6) is 0 Å². The van der Waals surface area contributed by atoms with Gasteiger partial charge in [0.25, 0.3) is 5.56 Å². The van der Waals surface area contributed by atoms with E-state index < -0.39 is 0 Å². The number of hydrogen-bond donors (Lipinski definition) is 1. The van der Waals surface area contributed by atoms with Crippen molar-refractivity contribution in [1.82, 2.24) is 14.9 Å². The number of amides is 1. The Labute approximate surface area is 166 Å². The number of hydrogen-bond acceptors (Lipinski definition) is 4. The number of aromatic nitrogens is 2. The average Bonchev–Trinajstić information content (AvgIpc) is 2.66. The molecule has 1 N–H and O–H groups in total. The van der Waals surface area contributed by atoms with Crippen LogP contribution in [0.2, 0.25) is 0 Å². The second-order valence-electron chi connectivity index (χ2n) is 8.11. The lowest BCUT2D eigenvalue weighted by Crippen LogP contribution is -2.44. The van der Waals surface area contributed by atoms with E-state index in [4.69, 9.17) is 0 Å². The van der Waals surface area contributed by atoms with Crippen molar-refractivity contribution in [1.29, 1.82) is 0 Å².